The van der Waals surface area contributed by atoms with E-state index in [1.54, 1.807) is 4.90 Å². The van der Waals surface area contributed by atoms with Crippen LogP contribution in [-0.4, -0.2) is 52.9 Å². The maximum Gasteiger partial charge on any atom is 0.317 e. The van der Waals surface area contributed by atoms with Crippen LogP contribution in [0.4, 0.5) is 4.79 Å². The normalized spacial score (nSPS) is 10.7. The molecule has 0 spiro atoms. The number of urea groups is 1. The molecule has 3 N–H and O–H groups in total. The fourth-order valence-corrected chi connectivity index (χ4v) is 2.34. The lowest BCUT2D eigenvalue weighted by Gasteiger charge is -2.30. The number of nitrogens with one attached hydrogen (secondary N) is 1. The van der Waals surface area contributed by atoms with Crippen LogP contribution in [0.1, 0.15) is 58.8 Å². The average molecular weight is 302 g/mol. The van der Waals surface area contributed by atoms with Crippen molar-refractivity contribution in [1.29, 1.82) is 0 Å². The molecule has 2 amide bonds. The molecule has 0 aliphatic heterocycles. The van der Waals surface area contributed by atoms with E-state index in [0.29, 0.717) is 19.5 Å². The van der Waals surface area contributed by atoms with Gasteiger partial charge >= 0.3 is 12.0 Å². The first-order chi connectivity index (χ1) is 10.1. The quantitative estimate of drug-likeness (QED) is 0.482. The molecule has 0 saturated heterocycles. The zero-order valence-electron chi connectivity index (χ0n) is 13.3. The minimum Gasteiger partial charge on any atom is -0.481 e. The average Bonchev–Trinajstić information content (AvgIpc) is 2.46. The molecule has 0 heterocycles. The second-order valence-electron chi connectivity index (χ2n) is 5.18. The summed E-state index contributed by atoms with van der Waals surface area (Å²) in [5.74, 6) is -0.756. The van der Waals surface area contributed by atoms with Crippen LogP contribution >= 0.6 is 0 Å². The zero-order chi connectivity index (χ0) is 16.1. The molecule has 0 rings (SSSR count). The van der Waals surface area contributed by atoms with Crippen molar-refractivity contribution in [2.75, 3.05) is 19.7 Å². The van der Waals surface area contributed by atoms with Gasteiger partial charge in [0.25, 0.3) is 0 Å². The number of nitrogens with zero attached hydrogens (tertiary/aromatic N) is 1. The Balaban J connectivity index is 3.90. The topological polar surface area (TPSA) is 89.9 Å². The molecule has 6 heteroatoms. The molecule has 6 nitrogen and oxygen atoms in total. The van der Waals surface area contributed by atoms with Crippen LogP contribution in [0.2, 0.25) is 0 Å². The lowest BCUT2D eigenvalue weighted by molar-refractivity contribution is -0.137. The number of carbonyl (C=O) groups is 2. The van der Waals surface area contributed by atoms with Crippen molar-refractivity contribution in [3.8, 4) is 0 Å². The third-order valence-electron chi connectivity index (χ3n) is 3.58. The minimum absolute atomic E-state index is 0.0287. The predicted octanol–water partition coefficient (Wildman–Crippen LogP) is 2.21. The van der Waals surface area contributed by atoms with Gasteiger partial charge in [-0.25, -0.2) is 4.79 Å². The maximum atomic E-state index is 12.1. The first-order valence-electron chi connectivity index (χ1n) is 7.93. The summed E-state index contributed by atoms with van der Waals surface area (Å²) in [5.41, 5.74) is 0. The number of rotatable bonds is 12. The molecule has 0 aromatic rings. The van der Waals surface area contributed by atoms with Crippen molar-refractivity contribution < 1.29 is 19.8 Å². The zero-order valence-corrected chi connectivity index (χ0v) is 13.3. The minimum atomic E-state index is -0.756. The molecule has 0 radical (unpaired) electrons. The van der Waals surface area contributed by atoms with Crippen LogP contribution in [0.3, 0.4) is 0 Å². The molecule has 0 fully saturated rings. The largest absolute Gasteiger partial charge is 0.481 e. The lowest BCUT2D eigenvalue weighted by Crippen LogP contribution is -2.47. The number of hydrogen-bond donors (Lipinski definition) is 3. The van der Waals surface area contributed by atoms with Crippen molar-refractivity contribution in [1.82, 2.24) is 10.2 Å². The number of aliphatic carboxylic acids is 1. The van der Waals surface area contributed by atoms with Crippen molar-refractivity contribution in [3.05, 3.63) is 0 Å². The van der Waals surface area contributed by atoms with Gasteiger partial charge in [0.2, 0.25) is 0 Å². The SMILES string of the molecule is CCC(CC)N(CCO)C(=O)NCCCCCCC(=O)O. The summed E-state index contributed by atoms with van der Waals surface area (Å²) in [6.07, 6.45) is 5.28. The van der Waals surface area contributed by atoms with Gasteiger partial charge < -0.3 is 20.4 Å². The summed E-state index contributed by atoms with van der Waals surface area (Å²) in [5, 5.41) is 20.5. The van der Waals surface area contributed by atoms with E-state index in [1.807, 2.05) is 13.8 Å². The standard InChI is InChI=1S/C15H30N2O4/c1-3-13(4-2)17(11-12-18)15(21)16-10-8-6-5-7-9-14(19)20/h13,18H,3-12H2,1-2H3,(H,16,21)(H,19,20). The Bertz CT molecular complexity index is 293. The van der Waals surface area contributed by atoms with Crippen molar-refractivity contribution in [2.45, 2.75) is 64.8 Å². The van der Waals surface area contributed by atoms with Gasteiger partial charge in [-0.1, -0.05) is 26.7 Å². The third kappa shape index (κ3) is 9.28. The van der Waals surface area contributed by atoms with Gasteiger partial charge in [-0.3, -0.25) is 4.79 Å². The summed E-state index contributed by atoms with van der Waals surface area (Å²) in [6.45, 7) is 4.99. The van der Waals surface area contributed by atoms with Crippen molar-refractivity contribution in [2.24, 2.45) is 0 Å². The van der Waals surface area contributed by atoms with Gasteiger partial charge in [-0.05, 0) is 25.7 Å². The van der Waals surface area contributed by atoms with Crippen molar-refractivity contribution in [3.63, 3.8) is 0 Å². The lowest BCUT2D eigenvalue weighted by atomic mass is 10.1. The predicted molar refractivity (Wildman–Crippen MR) is 82.3 cm³/mol. The van der Waals surface area contributed by atoms with Crippen LogP contribution < -0.4 is 5.32 Å². The summed E-state index contributed by atoms with van der Waals surface area (Å²) in [4.78, 5) is 24.1. The number of amides is 2. The molecular formula is C15H30N2O4. The molecule has 0 aliphatic carbocycles. The Labute approximate surface area is 127 Å². The third-order valence-corrected chi connectivity index (χ3v) is 3.58. The second-order valence-corrected chi connectivity index (χ2v) is 5.18. The molecule has 0 aromatic heterocycles. The molecule has 21 heavy (non-hydrogen) atoms. The first kappa shape index (κ1) is 19.7. The van der Waals surface area contributed by atoms with E-state index >= 15 is 0 Å². The molecule has 0 unspecified atom stereocenters. The van der Waals surface area contributed by atoms with E-state index in [9.17, 15) is 9.59 Å². The van der Waals surface area contributed by atoms with E-state index in [-0.39, 0.29) is 25.1 Å². The number of unbranched alkanes of at least 4 members (excludes halogenated alkanes) is 3. The van der Waals surface area contributed by atoms with Crippen LogP contribution in [0, 0.1) is 0 Å². The number of carboxylic acid groups (broad SMARTS) is 1. The van der Waals surface area contributed by atoms with Gasteiger partial charge in [0, 0.05) is 25.6 Å². The fourth-order valence-electron chi connectivity index (χ4n) is 2.34. The number of hydrogen-bond acceptors (Lipinski definition) is 3. The first-order valence-corrected chi connectivity index (χ1v) is 7.93. The van der Waals surface area contributed by atoms with Crippen molar-refractivity contribution >= 4 is 12.0 Å². The van der Waals surface area contributed by atoms with Crippen LogP contribution in [0.5, 0.6) is 0 Å². The van der Waals surface area contributed by atoms with Crippen LogP contribution in [-0.2, 0) is 4.79 Å². The molecule has 0 saturated carbocycles. The molecular weight excluding hydrogens is 272 g/mol. The number of aliphatic hydroxyl groups excluding tert-OH is 1. The Morgan fingerprint density at radius 3 is 2.24 bits per heavy atom. The van der Waals surface area contributed by atoms with Gasteiger partial charge in [-0.15, -0.1) is 0 Å². The Morgan fingerprint density at radius 2 is 1.71 bits per heavy atom. The molecule has 0 aromatic carbocycles. The fraction of sp³-hybridized carbons (Fsp3) is 0.867. The van der Waals surface area contributed by atoms with E-state index in [2.05, 4.69) is 5.32 Å². The van der Waals surface area contributed by atoms with E-state index in [0.717, 1.165) is 32.1 Å². The highest BCUT2D eigenvalue weighted by Crippen LogP contribution is 2.08. The summed E-state index contributed by atoms with van der Waals surface area (Å²) >= 11 is 0. The molecule has 0 atom stereocenters. The number of carboxylic acids is 1. The Kier molecular flexibility index (Phi) is 11.7. The van der Waals surface area contributed by atoms with Gasteiger partial charge in [0.1, 0.15) is 0 Å². The maximum absolute atomic E-state index is 12.1. The van der Waals surface area contributed by atoms with Crippen LogP contribution in [0.25, 0.3) is 0 Å². The number of carbonyl (C=O) groups excluding carboxylic acids is 1. The highest BCUT2D eigenvalue weighted by molar-refractivity contribution is 5.74. The van der Waals surface area contributed by atoms with Crippen LogP contribution in [0.15, 0.2) is 0 Å². The molecule has 0 aliphatic rings. The van der Waals surface area contributed by atoms with Gasteiger partial charge in [0.05, 0.1) is 6.61 Å². The van der Waals surface area contributed by atoms with Gasteiger partial charge in [-0.2, -0.15) is 0 Å². The summed E-state index contributed by atoms with van der Waals surface area (Å²) in [7, 11) is 0. The molecule has 0 bridgehead atoms. The highest BCUT2D eigenvalue weighted by atomic mass is 16.4. The second kappa shape index (κ2) is 12.4. The summed E-state index contributed by atoms with van der Waals surface area (Å²) < 4.78 is 0. The Morgan fingerprint density at radius 1 is 1.10 bits per heavy atom. The summed E-state index contributed by atoms with van der Waals surface area (Å²) in [6, 6.07) is 0.0380. The van der Waals surface area contributed by atoms with Gasteiger partial charge in [0.15, 0.2) is 0 Å². The number of aliphatic hydroxyl groups is 1. The van der Waals surface area contributed by atoms with E-state index in [1.165, 1.54) is 0 Å². The van der Waals surface area contributed by atoms with E-state index < -0.39 is 5.97 Å². The Hall–Kier alpha value is -1.30. The van der Waals surface area contributed by atoms with E-state index in [4.69, 9.17) is 10.2 Å². The smallest absolute Gasteiger partial charge is 0.317 e. The monoisotopic (exact) mass is 302 g/mol. The highest BCUT2D eigenvalue weighted by Gasteiger charge is 2.19. The molecule has 124 valence electrons.